The van der Waals surface area contributed by atoms with Gasteiger partial charge in [-0.15, -0.1) is 0 Å². The molecule has 2 heterocycles. The van der Waals surface area contributed by atoms with Crippen molar-refractivity contribution in [2.45, 2.75) is 25.0 Å². The number of aromatic nitrogens is 1. The number of hydrogen-bond donors (Lipinski definition) is 1. The molecule has 0 radical (unpaired) electrons. The maximum atomic E-state index is 10.4. The summed E-state index contributed by atoms with van der Waals surface area (Å²) < 4.78 is 0. The zero-order valence-corrected chi connectivity index (χ0v) is 10.9. The van der Waals surface area contributed by atoms with Crippen molar-refractivity contribution in [1.82, 2.24) is 9.88 Å². The lowest BCUT2D eigenvalue weighted by molar-refractivity contribution is -0.116. The molecule has 1 aromatic heterocycles. The summed E-state index contributed by atoms with van der Waals surface area (Å²) >= 11 is 0. The van der Waals surface area contributed by atoms with Crippen LogP contribution in [-0.2, 0) is 6.54 Å². The SMILES string of the molecule is OC1(C2CC2)CN(Cc2cccc3cccnc23)C1. The van der Waals surface area contributed by atoms with Gasteiger partial charge in [0.15, 0.2) is 0 Å². The summed E-state index contributed by atoms with van der Waals surface area (Å²) in [7, 11) is 0. The van der Waals surface area contributed by atoms with E-state index >= 15 is 0 Å². The fraction of sp³-hybridized carbons (Fsp3) is 0.438. The van der Waals surface area contributed by atoms with Crippen molar-refractivity contribution in [3.8, 4) is 0 Å². The van der Waals surface area contributed by atoms with Gasteiger partial charge < -0.3 is 5.11 Å². The molecule has 3 nitrogen and oxygen atoms in total. The van der Waals surface area contributed by atoms with E-state index in [-0.39, 0.29) is 0 Å². The molecule has 0 amide bonds. The molecule has 0 unspecified atom stereocenters. The number of fused-ring (bicyclic) bond motifs is 1. The topological polar surface area (TPSA) is 36.4 Å². The summed E-state index contributed by atoms with van der Waals surface area (Å²) in [5.74, 6) is 0.564. The first kappa shape index (κ1) is 11.4. The highest BCUT2D eigenvalue weighted by molar-refractivity contribution is 5.81. The van der Waals surface area contributed by atoms with Crippen LogP contribution in [0.3, 0.4) is 0 Å². The van der Waals surface area contributed by atoms with E-state index in [1.54, 1.807) is 0 Å². The van der Waals surface area contributed by atoms with Crippen molar-refractivity contribution < 1.29 is 5.11 Å². The van der Waals surface area contributed by atoms with Gasteiger partial charge >= 0.3 is 0 Å². The van der Waals surface area contributed by atoms with Gasteiger partial charge in [-0.1, -0.05) is 24.3 Å². The minimum Gasteiger partial charge on any atom is -0.387 e. The average Bonchev–Trinajstić information content (AvgIpc) is 3.22. The van der Waals surface area contributed by atoms with Gasteiger partial charge in [0.25, 0.3) is 0 Å². The number of nitrogens with zero attached hydrogens (tertiary/aromatic N) is 2. The number of likely N-dealkylation sites (tertiary alicyclic amines) is 1. The van der Waals surface area contributed by atoms with Gasteiger partial charge in [0, 0.05) is 31.2 Å². The Morgan fingerprint density at radius 2 is 2.00 bits per heavy atom. The number of pyridine rings is 1. The van der Waals surface area contributed by atoms with Crippen LogP contribution < -0.4 is 0 Å². The number of para-hydroxylation sites is 1. The minimum absolute atomic E-state index is 0.391. The highest BCUT2D eigenvalue weighted by atomic mass is 16.3. The molecule has 1 N–H and O–H groups in total. The molecule has 4 rings (SSSR count). The third-order valence-corrected chi connectivity index (χ3v) is 4.44. The standard InChI is InChI=1S/C16H18N2O/c19-16(14-6-7-14)10-18(11-16)9-13-4-1-3-12-5-2-8-17-15(12)13/h1-5,8,14,19H,6-7,9-11H2. The Bertz CT molecular complexity index is 610. The van der Waals surface area contributed by atoms with Crippen molar-refractivity contribution in [3.63, 3.8) is 0 Å². The summed E-state index contributed by atoms with van der Waals surface area (Å²) in [5.41, 5.74) is 1.96. The smallest absolute Gasteiger partial charge is 0.0928 e. The maximum Gasteiger partial charge on any atom is 0.0928 e. The van der Waals surface area contributed by atoms with E-state index < -0.39 is 5.60 Å². The van der Waals surface area contributed by atoms with Crippen LogP contribution in [0.5, 0.6) is 0 Å². The third kappa shape index (κ3) is 1.94. The lowest BCUT2D eigenvalue weighted by atomic mass is 9.88. The molecule has 0 atom stereocenters. The number of benzene rings is 1. The number of aliphatic hydroxyl groups is 1. The second-order valence-corrected chi connectivity index (χ2v) is 6.02. The zero-order chi connectivity index (χ0) is 12.9. The van der Waals surface area contributed by atoms with Crippen LogP contribution in [0.15, 0.2) is 36.5 Å². The molecule has 19 heavy (non-hydrogen) atoms. The van der Waals surface area contributed by atoms with E-state index in [2.05, 4.69) is 34.1 Å². The first-order valence-corrected chi connectivity index (χ1v) is 7.02. The molecule has 98 valence electrons. The molecule has 2 aromatic rings. The van der Waals surface area contributed by atoms with E-state index in [1.807, 2.05) is 12.3 Å². The highest BCUT2D eigenvalue weighted by Gasteiger charge is 2.51. The van der Waals surface area contributed by atoms with Crippen LogP contribution in [0.25, 0.3) is 10.9 Å². The Morgan fingerprint density at radius 1 is 1.21 bits per heavy atom. The molecule has 1 saturated carbocycles. The summed E-state index contributed by atoms with van der Waals surface area (Å²) in [6.45, 7) is 2.53. The molecule has 1 aliphatic heterocycles. The average molecular weight is 254 g/mol. The molecule has 1 saturated heterocycles. The van der Waals surface area contributed by atoms with Gasteiger partial charge in [0.05, 0.1) is 11.1 Å². The Hall–Kier alpha value is -1.45. The quantitative estimate of drug-likeness (QED) is 0.912. The van der Waals surface area contributed by atoms with E-state index in [1.165, 1.54) is 23.8 Å². The fourth-order valence-corrected chi connectivity index (χ4v) is 3.25. The van der Waals surface area contributed by atoms with Crippen LogP contribution in [0, 0.1) is 5.92 Å². The molecule has 2 fully saturated rings. The highest BCUT2D eigenvalue weighted by Crippen LogP contribution is 2.44. The predicted molar refractivity (Wildman–Crippen MR) is 74.7 cm³/mol. The monoisotopic (exact) mass is 254 g/mol. The Labute approximate surface area is 112 Å². The molecule has 0 spiro atoms. The van der Waals surface area contributed by atoms with Crippen molar-refractivity contribution in [2.24, 2.45) is 5.92 Å². The minimum atomic E-state index is -0.391. The van der Waals surface area contributed by atoms with Crippen molar-refractivity contribution >= 4 is 10.9 Å². The molecule has 0 bridgehead atoms. The van der Waals surface area contributed by atoms with Crippen LogP contribution in [0.2, 0.25) is 0 Å². The predicted octanol–water partition coefficient (Wildman–Crippen LogP) is 2.19. The lowest BCUT2D eigenvalue weighted by Crippen LogP contribution is -2.62. The number of rotatable bonds is 3. The summed E-state index contributed by atoms with van der Waals surface area (Å²) in [6, 6.07) is 10.4. The zero-order valence-electron chi connectivity index (χ0n) is 10.9. The molecular formula is C16H18N2O. The normalized spacial score (nSPS) is 22.4. The van der Waals surface area contributed by atoms with E-state index in [0.717, 1.165) is 25.2 Å². The Kier molecular flexibility index (Phi) is 2.41. The first-order chi connectivity index (χ1) is 9.24. The molecule has 3 heteroatoms. The van der Waals surface area contributed by atoms with E-state index in [0.29, 0.717) is 5.92 Å². The van der Waals surface area contributed by atoms with Gasteiger partial charge in [0.2, 0.25) is 0 Å². The van der Waals surface area contributed by atoms with Gasteiger partial charge in [-0.2, -0.15) is 0 Å². The van der Waals surface area contributed by atoms with Crippen LogP contribution in [-0.4, -0.2) is 33.7 Å². The third-order valence-electron chi connectivity index (χ3n) is 4.44. The van der Waals surface area contributed by atoms with Crippen molar-refractivity contribution in [3.05, 3.63) is 42.1 Å². The van der Waals surface area contributed by atoms with Gasteiger partial charge in [0.1, 0.15) is 0 Å². The molecule has 1 aromatic carbocycles. The Morgan fingerprint density at radius 3 is 2.79 bits per heavy atom. The van der Waals surface area contributed by atoms with Crippen molar-refractivity contribution in [2.75, 3.05) is 13.1 Å². The Balaban J connectivity index is 1.53. The summed E-state index contributed by atoms with van der Waals surface area (Å²) in [4.78, 5) is 6.81. The van der Waals surface area contributed by atoms with Gasteiger partial charge in [-0.3, -0.25) is 9.88 Å². The largest absolute Gasteiger partial charge is 0.387 e. The van der Waals surface area contributed by atoms with Crippen LogP contribution >= 0.6 is 0 Å². The number of β-amino-alcohol motifs (C(OH)–C–C–N with tert-alkyl or cyclic N) is 1. The summed E-state index contributed by atoms with van der Waals surface area (Å²) in [6.07, 6.45) is 4.27. The van der Waals surface area contributed by atoms with Gasteiger partial charge in [-0.05, 0) is 30.4 Å². The van der Waals surface area contributed by atoms with Gasteiger partial charge in [-0.25, -0.2) is 0 Å². The second kappa shape index (κ2) is 4.02. The molecular weight excluding hydrogens is 236 g/mol. The van der Waals surface area contributed by atoms with Crippen LogP contribution in [0.1, 0.15) is 18.4 Å². The maximum absolute atomic E-state index is 10.4. The van der Waals surface area contributed by atoms with Crippen molar-refractivity contribution in [1.29, 1.82) is 0 Å². The first-order valence-electron chi connectivity index (χ1n) is 7.02. The number of hydrogen-bond acceptors (Lipinski definition) is 3. The van der Waals surface area contributed by atoms with Crippen LogP contribution in [0.4, 0.5) is 0 Å². The fourth-order valence-electron chi connectivity index (χ4n) is 3.25. The second-order valence-electron chi connectivity index (χ2n) is 6.02. The van der Waals surface area contributed by atoms with E-state index in [9.17, 15) is 5.11 Å². The molecule has 1 aliphatic carbocycles. The summed E-state index contributed by atoms with van der Waals surface area (Å²) in [5, 5.41) is 11.5. The molecule has 2 aliphatic rings. The lowest BCUT2D eigenvalue weighted by Gasteiger charge is -2.47. The van der Waals surface area contributed by atoms with E-state index in [4.69, 9.17) is 0 Å².